The number of rotatable bonds is 9. The maximum Gasteiger partial charge on any atom is 0.230 e. The van der Waals surface area contributed by atoms with Crippen molar-refractivity contribution < 1.29 is 4.79 Å². The Bertz CT molecular complexity index is 864. The van der Waals surface area contributed by atoms with Crippen molar-refractivity contribution in [3.05, 3.63) is 90.8 Å². The highest BCUT2D eigenvalue weighted by atomic mass is 32.2. The number of nitrogens with zero attached hydrogens (tertiary/aromatic N) is 3. The van der Waals surface area contributed by atoms with Gasteiger partial charge >= 0.3 is 0 Å². The number of nitrogens with one attached hydrogen (secondary N) is 1. The van der Waals surface area contributed by atoms with Crippen LogP contribution in [0.25, 0.3) is 0 Å². The number of benzene rings is 2. The van der Waals surface area contributed by atoms with Crippen LogP contribution in [0, 0.1) is 0 Å². The largest absolute Gasteiger partial charge is 0.348 e. The van der Waals surface area contributed by atoms with Gasteiger partial charge in [-0.3, -0.25) is 4.79 Å². The summed E-state index contributed by atoms with van der Waals surface area (Å²) >= 11 is 1.37. The molecule has 1 unspecified atom stereocenters. The maximum absolute atomic E-state index is 12.6. The summed E-state index contributed by atoms with van der Waals surface area (Å²) in [4.78, 5) is 12.6. The third-order valence-corrected chi connectivity index (χ3v) is 5.04. The molecule has 3 aromatic rings. The Balaban J connectivity index is 1.65. The summed E-state index contributed by atoms with van der Waals surface area (Å²) in [6.07, 6.45) is 4.16. The third-order valence-electron chi connectivity index (χ3n) is 4.06. The highest BCUT2D eigenvalue weighted by molar-refractivity contribution is 7.99. The quantitative estimate of drug-likeness (QED) is 0.456. The summed E-state index contributed by atoms with van der Waals surface area (Å²) in [5, 5.41) is 11.8. The molecule has 0 aliphatic rings. The van der Waals surface area contributed by atoms with Crippen molar-refractivity contribution in [3.8, 4) is 0 Å². The fourth-order valence-electron chi connectivity index (χ4n) is 2.77. The average molecular weight is 379 g/mol. The molecule has 0 bridgehead atoms. The first-order valence-corrected chi connectivity index (χ1v) is 9.74. The lowest BCUT2D eigenvalue weighted by molar-refractivity contribution is -0.119. The van der Waals surface area contributed by atoms with E-state index in [9.17, 15) is 4.79 Å². The topological polar surface area (TPSA) is 59.8 Å². The molecular formula is C21H22N4OS. The fourth-order valence-corrected chi connectivity index (χ4v) is 3.51. The molecule has 1 heterocycles. The molecule has 1 amide bonds. The second-order valence-electron chi connectivity index (χ2n) is 6.06. The van der Waals surface area contributed by atoms with Gasteiger partial charge in [0.05, 0.1) is 11.8 Å². The fraction of sp³-hybridized carbons (Fsp3) is 0.190. The SMILES string of the molecule is C=CCn1cnnc1SCC(=O)NC(Cc1ccccc1)c1ccccc1. The van der Waals surface area contributed by atoms with Crippen LogP contribution in [0.3, 0.4) is 0 Å². The third kappa shape index (κ3) is 5.56. The molecule has 1 atom stereocenters. The van der Waals surface area contributed by atoms with Crippen molar-refractivity contribution in [1.29, 1.82) is 0 Å². The van der Waals surface area contributed by atoms with Gasteiger partial charge in [-0.25, -0.2) is 0 Å². The van der Waals surface area contributed by atoms with E-state index in [4.69, 9.17) is 0 Å². The Hall–Kier alpha value is -2.86. The number of carbonyl (C=O) groups is 1. The molecule has 0 saturated carbocycles. The molecule has 2 aromatic carbocycles. The van der Waals surface area contributed by atoms with Crippen LogP contribution in [0.15, 0.2) is 84.8 Å². The van der Waals surface area contributed by atoms with Crippen molar-refractivity contribution in [2.24, 2.45) is 0 Å². The van der Waals surface area contributed by atoms with Crippen molar-refractivity contribution >= 4 is 17.7 Å². The molecule has 0 saturated heterocycles. The molecule has 0 spiro atoms. The first kappa shape index (κ1) is 18.9. The minimum atomic E-state index is -0.0762. The molecule has 6 heteroatoms. The molecular weight excluding hydrogens is 356 g/mol. The molecule has 0 aliphatic carbocycles. The first-order chi connectivity index (χ1) is 13.3. The number of hydrogen-bond donors (Lipinski definition) is 1. The van der Waals surface area contributed by atoms with Crippen molar-refractivity contribution in [1.82, 2.24) is 20.1 Å². The van der Waals surface area contributed by atoms with E-state index in [1.807, 2.05) is 53.1 Å². The van der Waals surface area contributed by atoms with Gasteiger partial charge < -0.3 is 9.88 Å². The van der Waals surface area contributed by atoms with Gasteiger partial charge in [-0.1, -0.05) is 78.5 Å². The van der Waals surface area contributed by atoms with E-state index in [0.29, 0.717) is 11.7 Å². The molecule has 138 valence electrons. The van der Waals surface area contributed by atoms with Crippen LogP contribution in [-0.2, 0) is 17.8 Å². The Labute approximate surface area is 163 Å². The molecule has 3 rings (SSSR count). The van der Waals surface area contributed by atoms with Gasteiger partial charge in [0, 0.05) is 6.54 Å². The molecule has 0 aliphatic heterocycles. The number of thioether (sulfide) groups is 1. The lowest BCUT2D eigenvalue weighted by Crippen LogP contribution is -2.31. The van der Waals surface area contributed by atoms with E-state index in [-0.39, 0.29) is 17.7 Å². The molecule has 27 heavy (non-hydrogen) atoms. The smallest absolute Gasteiger partial charge is 0.230 e. The number of allylic oxidation sites excluding steroid dienone is 1. The lowest BCUT2D eigenvalue weighted by atomic mass is 9.99. The Kier molecular flexibility index (Phi) is 6.82. The van der Waals surface area contributed by atoms with Gasteiger partial charge in [0.1, 0.15) is 6.33 Å². The van der Waals surface area contributed by atoms with E-state index < -0.39 is 0 Å². The predicted octanol–water partition coefficient (Wildman–Crippen LogP) is 3.66. The van der Waals surface area contributed by atoms with Crippen LogP contribution in [0.1, 0.15) is 17.2 Å². The number of hydrogen-bond acceptors (Lipinski definition) is 4. The zero-order valence-corrected chi connectivity index (χ0v) is 15.8. The van der Waals surface area contributed by atoms with Crippen LogP contribution in [0.2, 0.25) is 0 Å². The molecule has 5 nitrogen and oxygen atoms in total. The molecule has 1 N–H and O–H groups in total. The van der Waals surface area contributed by atoms with Crippen LogP contribution < -0.4 is 5.32 Å². The lowest BCUT2D eigenvalue weighted by Gasteiger charge is -2.19. The normalized spacial score (nSPS) is 11.7. The molecule has 1 aromatic heterocycles. The van der Waals surface area contributed by atoms with Crippen molar-refractivity contribution in [3.63, 3.8) is 0 Å². The number of aromatic nitrogens is 3. The van der Waals surface area contributed by atoms with Crippen LogP contribution >= 0.6 is 11.8 Å². The number of carbonyl (C=O) groups excluding carboxylic acids is 1. The van der Waals surface area contributed by atoms with Crippen molar-refractivity contribution in [2.45, 2.75) is 24.2 Å². The van der Waals surface area contributed by atoms with Gasteiger partial charge in [0.25, 0.3) is 0 Å². The van der Waals surface area contributed by atoms with Crippen LogP contribution in [-0.4, -0.2) is 26.4 Å². The monoisotopic (exact) mass is 378 g/mol. The molecule has 0 radical (unpaired) electrons. The summed E-state index contributed by atoms with van der Waals surface area (Å²) < 4.78 is 1.86. The van der Waals surface area contributed by atoms with Gasteiger partial charge in [-0.2, -0.15) is 0 Å². The second kappa shape index (κ2) is 9.73. The van der Waals surface area contributed by atoms with Gasteiger partial charge in [0.2, 0.25) is 5.91 Å². The Morgan fingerprint density at radius 3 is 2.56 bits per heavy atom. The van der Waals surface area contributed by atoms with E-state index in [0.717, 1.165) is 12.0 Å². The van der Waals surface area contributed by atoms with Gasteiger partial charge in [0.15, 0.2) is 5.16 Å². The first-order valence-electron chi connectivity index (χ1n) is 8.76. The zero-order valence-electron chi connectivity index (χ0n) is 15.0. The highest BCUT2D eigenvalue weighted by Crippen LogP contribution is 2.20. The maximum atomic E-state index is 12.6. The Morgan fingerprint density at radius 1 is 1.15 bits per heavy atom. The summed E-state index contributed by atoms with van der Waals surface area (Å²) in [6, 6.07) is 20.2. The summed E-state index contributed by atoms with van der Waals surface area (Å²) in [7, 11) is 0. The molecule has 0 fully saturated rings. The second-order valence-corrected chi connectivity index (χ2v) is 7.01. The summed E-state index contributed by atoms with van der Waals surface area (Å²) in [5.41, 5.74) is 2.28. The Morgan fingerprint density at radius 2 is 1.85 bits per heavy atom. The average Bonchev–Trinajstić information content (AvgIpc) is 3.15. The van der Waals surface area contributed by atoms with Crippen LogP contribution in [0.5, 0.6) is 0 Å². The summed E-state index contributed by atoms with van der Waals surface area (Å²) in [6.45, 7) is 4.34. The minimum absolute atomic E-state index is 0.0297. The van der Waals surface area contributed by atoms with Gasteiger partial charge in [-0.05, 0) is 17.5 Å². The predicted molar refractivity (Wildman–Crippen MR) is 108 cm³/mol. The summed E-state index contributed by atoms with van der Waals surface area (Å²) in [5.74, 6) is 0.256. The van der Waals surface area contributed by atoms with E-state index in [2.05, 4.69) is 34.2 Å². The zero-order chi connectivity index (χ0) is 18.9. The number of amides is 1. The minimum Gasteiger partial charge on any atom is -0.348 e. The standard InChI is InChI=1S/C21H22N4OS/c1-2-13-25-16-22-24-21(25)27-15-20(26)23-19(18-11-7-4-8-12-18)14-17-9-5-3-6-10-17/h2-12,16,19H,1,13-15H2,(H,23,26). The van der Waals surface area contributed by atoms with E-state index in [1.165, 1.54) is 17.3 Å². The highest BCUT2D eigenvalue weighted by Gasteiger charge is 2.16. The van der Waals surface area contributed by atoms with Crippen molar-refractivity contribution in [2.75, 3.05) is 5.75 Å². The van der Waals surface area contributed by atoms with E-state index in [1.54, 1.807) is 12.4 Å². The van der Waals surface area contributed by atoms with Gasteiger partial charge in [-0.15, -0.1) is 16.8 Å². The van der Waals surface area contributed by atoms with E-state index >= 15 is 0 Å². The van der Waals surface area contributed by atoms with Crippen LogP contribution in [0.4, 0.5) is 0 Å².